The van der Waals surface area contributed by atoms with Crippen molar-refractivity contribution in [1.29, 1.82) is 0 Å². The molecule has 0 spiro atoms. The highest BCUT2D eigenvalue weighted by molar-refractivity contribution is 5.90. The summed E-state index contributed by atoms with van der Waals surface area (Å²) < 4.78 is 3.47. The first-order valence-corrected chi connectivity index (χ1v) is 8.36. The average Bonchev–Trinajstić information content (AvgIpc) is 3.39. The van der Waals surface area contributed by atoms with E-state index in [4.69, 9.17) is 0 Å². The highest BCUT2D eigenvalue weighted by Gasteiger charge is 2.27. The molecule has 0 radical (unpaired) electrons. The molecular formula is C18H19N7O. The zero-order valence-corrected chi connectivity index (χ0v) is 14.2. The van der Waals surface area contributed by atoms with Gasteiger partial charge in [0, 0.05) is 37.7 Å². The molecule has 0 saturated carbocycles. The van der Waals surface area contributed by atoms with Crippen LogP contribution in [0.3, 0.4) is 0 Å². The van der Waals surface area contributed by atoms with Gasteiger partial charge in [0.15, 0.2) is 5.82 Å². The van der Waals surface area contributed by atoms with Crippen molar-refractivity contribution >= 4 is 22.9 Å². The molecule has 3 aromatic heterocycles. The molecule has 26 heavy (non-hydrogen) atoms. The van der Waals surface area contributed by atoms with Crippen molar-refractivity contribution in [2.45, 2.75) is 12.5 Å². The number of allylic oxidation sites excluding steroid dienone is 2. The zero-order chi connectivity index (χ0) is 18.1. The Bertz CT molecular complexity index is 986. The van der Waals surface area contributed by atoms with Gasteiger partial charge in [-0.2, -0.15) is 0 Å². The summed E-state index contributed by atoms with van der Waals surface area (Å²) in [7, 11) is 0. The van der Waals surface area contributed by atoms with E-state index >= 15 is 0 Å². The minimum atomic E-state index is -0.290. The van der Waals surface area contributed by atoms with Crippen molar-refractivity contribution < 1.29 is 4.79 Å². The van der Waals surface area contributed by atoms with E-state index in [-0.39, 0.29) is 17.8 Å². The lowest BCUT2D eigenvalue weighted by atomic mass is 10.2. The lowest BCUT2D eigenvalue weighted by molar-refractivity contribution is 0.0930. The van der Waals surface area contributed by atoms with Gasteiger partial charge in [-0.25, -0.2) is 14.6 Å². The molecule has 0 aromatic carbocycles. The van der Waals surface area contributed by atoms with Crippen LogP contribution in [-0.4, -0.2) is 49.2 Å². The van der Waals surface area contributed by atoms with E-state index in [1.54, 1.807) is 12.3 Å². The molecule has 4 heterocycles. The molecule has 1 atom stereocenters. The van der Waals surface area contributed by atoms with Gasteiger partial charge in [0.1, 0.15) is 6.33 Å². The van der Waals surface area contributed by atoms with Crippen LogP contribution in [0.5, 0.6) is 0 Å². The van der Waals surface area contributed by atoms with Gasteiger partial charge < -0.3 is 14.6 Å². The molecule has 132 valence electrons. The largest absolute Gasteiger partial charge is 0.353 e. The summed E-state index contributed by atoms with van der Waals surface area (Å²) in [6.07, 6.45) is 9.56. The molecular weight excluding hydrogens is 330 g/mol. The number of nitrogens with zero attached hydrogens (tertiary/aromatic N) is 6. The van der Waals surface area contributed by atoms with Crippen LogP contribution in [0.4, 0.5) is 5.82 Å². The molecule has 1 aliphatic rings. The summed E-state index contributed by atoms with van der Waals surface area (Å²) in [5, 5.41) is 7.13. The van der Waals surface area contributed by atoms with E-state index in [0.29, 0.717) is 12.2 Å². The van der Waals surface area contributed by atoms with E-state index in [0.717, 1.165) is 24.3 Å². The fourth-order valence-electron chi connectivity index (χ4n) is 3.12. The van der Waals surface area contributed by atoms with E-state index in [1.807, 2.05) is 28.9 Å². The smallest absolute Gasteiger partial charge is 0.291 e. The van der Waals surface area contributed by atoms with Crippen molar-refractivity contribution in [3.05, 3.63) is 62.1 Å². The molecule has 1 N–H and O–H groups in total. The Balaban J connectivity index is 1.43. The molecule has 4 rings (SSSR count). The number of aromatic nitrogens is 5. The third kappa shape index (κ3) is 2.85. The fourth-order valence-corrected chi connectivity index (χ4v) is 3.12. The summed E-state index contributed by atoms with van der Waals surface area (Å²) >= 11 is 0. The SMILES string of the molecule is C=CC(=C)n1cnc(C(=O)NC2CCN(c3nccn4cccc34)C2)n1. The molecule has 1 saturated heterocycles. The van der Waals surface area contributed by atoms with Crippen molar-refractivity contribution in [3.63, 3.8) is 0 Å². The Morgan fingerprint density at radius 1 is 1.35 bits per heavy atom. The monoisotopic (exact) mass is 349 g/mol. The second-order valence-corrected chi connectivity index (χ2v) is 6.16. The Morgan fingerprint density at radius 3 is 3.08 bits per heavy atom. The molecule has 8 heteroatoms. The third-order valence-electron chi connectivity index (χ3n) is 4.48. The van der Waals surface area contributed by atoms with Gasteiger partial charge in [0.2, 0.25) is 5.82 Å². The van der Waals surface area contributed by atoms with E-state index in [2.05, 4.69) is 38.4 Å². The highest BCUT2D eigenvalue weighted by atomic mass is 16.2. The number of fused-ring (bicyclic) bond motifs is 1. The van der Waals surface area contributed by atoms with Crippen LogP contribution < -0.4 is 10.2 Å². The quantitative estimate of drug-likeness (QED) is 0.708. The first kappa shape index (κ1) is 16.1. The maximum Gasteiger partial charge on any atom is 0.291 e. The molecule has 1 aliphatic heterocycles. The first-order chi connectivity index (χ1) is 12.7. The van der Waals surface area contributed by atoms with Crippen LogP contribution >= 0.6 is 0 Å². The van der Waals surface area contributed by atoms with Crippen molar-refractivity contribution in [1.82, 2.24) is 29.5 Å². The molecule has 1 unspecified atom stereocenters. The average molecular weight is 349 g/mol. The third-order valence-corrected chi connectivity index (χ3v) is 4.48. The molecule has 0 bridgehead atoms. The Labute approximate surface area is 150 Å². The summed E-state index contributed by atoms with van der Waals surface area (Å²) in [6, 6.07) is 4.06. The number of hydrogen-bond donors (Lipinski definition) is 1. The van der Waals surface area contributed by atoms with Crippen molar-refractivity contribution in [2.24, 2.45) is 0 Å². The molecule has 1 fully saturated rings. The minimum absolute atomic E-state index is 0.0223. The number of carbonyl (C=O) groups is 1. The van der Waals surface area contributed by atoms with Crippen LogP contribution in [0.15, 0.2) is 56.3 Å². The lowest BCUT2D eigenvalue weighted by Crippen LogP contribution is -2.37. The van der Waals surface area contributed by atoms with E-state index < -0.39 is 0 Å². The number of rotatable bonds is 5. The second kappa shape index (κ2) is 6.47. The van der Waals surface area contributed by atoms with Crippen LogP contribution in [0.2, 0.25) is 0 Å². The predicted molar refractivity (Wildman–Crippen MR) is 98.8 cm³/mol. The summed E-state index contributed by atoms with van der Waals surface area (Å²) in [5.41, 5.74) is 1.62. The summed E-state index contributed by atoms with van der Waals surface area (Å²) in [5.74, 6) is 0.763. The van der Waals surface area contributed by atoms with E-state index in [1.165, 1.54) is 11.0 Å². The molecule has 0 aliphatic carbocycles. The standard InChI is InChI=1S/C18H19N7O/c1-3-13(2)25-12-20-16(22-25)18(26)21-14-6-9-24(11-14)17-15-5-4-8-23(15)10-7-19-17/h3-5,7-8,10,12,14H,1-2,6,9,11H2,(H,21,26). The van der Waals surface area contributed by atoms with Crippen molar-refractivity contribution in [2.75, 3.05) is 18.0 Å². The Morgan fingerprint density at radius 2 is 2.23 bits per heavy atom. The topological polar surface area (TPSA) is 80.4 Å². The number of anilines is 1. The second-order valence-electron chi connectivity index (χ2n) is 6.16. The molecule has 8 nitrogen and oxygen atoms in total. The number of carbonyl (C=O) groups excluding carboxylic acids is 1. The highest BCUT2D eigenvalue weighted by Crippen LogP contribution is 2.23. The minimum Gasteiger partial charge on any atom is -0.353 e. The number of nitrogens with one attached hydrogen (secondary N) is 1. The predicted octanol–water partition coefficient (Wildman–Crippen LogP) is 1.59. The van der Waals surface area contributed by atoms with Crippen LogP contribution in [0.1, 0.15) is 17.0 Å². The van der Waals surface area contributed by atoms with E-state index in [9.17, 15) is 4.79 Å². The van der Waals surface area contributed by atoms with Gasteiger partial charge in [-0.1, -0.05) is 13.2 Å². The summed E-state index contributed by atoms with van der Waals surface area (Å²) in [6.45, 7) is 8.94. The Hall–Kier alpha value is -3.42. The normalized spacial score (nSPS) is 16.8. The van der Waals surface area contributed by atoms with Crippen molar-refractivity contribution in [3.8, 4) is 0 Å². The number of amides is 1. The summed E-state index contributed by atoms with van der Waals surface area (Å²) in [4.78, 5) is 23.1. The maximum absolute atomic E-state index is 12.4. The van der Waals surface area contributed by atoms with Crippen LogP contribution in [-0.2, 0) is 0 Å². The maximum atomic E-state index is 12.4. The van der Waals surface area contributed by atoms with Gasteiger partial charge >= 0.3 is 0 Å². The Kier molecular flexibility index (Phi) is 4.00. The van der Waals surface area contributed by atoms with Gasteiger partial charge in [0.25, 0.3) is 5.91 Å². The van der Waals surface area contributed by atoms with Gasteiger partial charge in [-0.05, 0) is 24.6 Å². The zero-order valence-electron chi connectivity index (χ0n) is 14.2. The van der Waals surface area contributed by atoms with Crippen LogP contribution in [0, 0.1) is 0 Å². The first-order valence-electron chi connectivity index (χ1n) is 8.36. The fraction of sp³-hybridized carbons (Fsp3) is 0.222. The van der Waals surface area contributed by atoms with Gasteiger partial charge in [-0.3, -0.25) is 4.79 Å². The molecule has 3 aromatic rings. The van der Waals surface area contributed by atoms with Gasteiger partial charge in [0.05, 0.1) is 11.2 Å². The van der Waals surface area contributed by atoms with Crippen LogP contribution in [0.25, 0.3) is 11.2 Å². The number of hydrogen-bond acceptors (Lipinski definition) is 5. The lowest BCUT2D eigenvalue weighted by Gasteiger charge is -2.18. The van der Waals surface area contributed by atoms with Gasteiger partial charge in [-0.15, -0.1) is 5.10 Å². The molecule has 1 amide bonds.